The van der Waals surface area contributed by atoms with Crippen molar-refractivity contribution in [3.63, 3.8) is 0 Å². The number of rotatable bonds is 4. The number of hydrogen-bond acceptors (Lipinski definition) is 6. The van der Waals surface area contributed by atoms with Crippen molar-refractivity contribution in [3.05, 3.63) is 58.1 Å². The molecule has 0 radical (unpaired) electrons. The molecule has 2 aromatic rings. The molecule has 204 valence electrons. The first-order valence-corrected chi connectivity index (χ1v) is 13.9. The van der Waals surface area contributed by atoms with E-state index in [2.05, 4.69) is 17.0 Å². The van der Waals surface area contributed by atoms with E-state index in [0.29, 0.717) is 18.7 Å². The maximum absolute atomic E-state index is 13.0. The monoisotopic (exact) mass is 539 g/mol. The summed E-state index contributed by atoms with van der Waals surface area (Å²) < 4.78 is 17.4. The second-order valence-electron chi connectivity index (χ2n) is 12.4. The lowest BCUT2D eigenvalue weighted by atomic mass is 9.61. The molecule has 0 aromatic heterocycles. The molecular weight excluding hydrogens is 502 g/mol. The zero-order valence-electron chi connectivity index (χ0n) is 23.1. The van der Waals surface area contributed by atoms with Gasteiger partial charge in [-0.25, -0.2) is 4.79 Å². The summed E-state index contributed by atoms with van der Waals surface area (Å²) in [5.41, 5.74) is 2.57. The Hall–Kier alpha value is -2.73. The summed E-state index contributed by atoms with van der Waals surface area (Å²) in [5.74, 6) is 0.362. The zero-order valence-corrected chi connectivity index (χ0v) is 23.8. The van der Waals surface area contributed by atoms with Crippen LogP contribution in [0, 0.1) is 11.3 Å². The SMILES string of the molecule is COC(=O)[C@@]1(C)CC[C@H]1CN1C[C@@]2(CCCc3cc(Cl)ccc32)COc2ccc(C(=O)OC(C)(C)C)cc21. The number of carbonyl (C=O) groups excluding carboxylic acids is 2. The van der Waals surface area contributed by atoms with Gasteiger partial charge in [0.25, 0.3) is 0 Å². The Bertz CT molecular complexity index is 1250. The Morgan fingerprint density at radius 2 is 1.95 bits per heavy atom. The minimum Gasteiger partial charge on any atom is -0.490 e. The van der Waals surface area contributed by atoms with E-state index in [4.69, 9.17) is 25.8 Å². The molecule has 0 saturated heterocycles. The van der Waals surface area contributed by atoms with Crippen LogP contribution < -0.4 is 9.64 Å². The van der Waals surface area contributed by atoms with Gasteiger partial charge in [-0.15, -0.1) is 0 Å². The van der Waals surface area contributed by atoms with Crippen LogP contribution in [0.3, 0.4) is 0 Å². The van der Waals surface area contributed by atoms with Gasteiger partial charge in [-0.2, -0.15) is 0 Å². The van der Waals surface area contributed by atoms with Crippen LogP contribution >= 0.6 is 11.6 Å². The highest BCUT2D eigenvalue weighted by Gasteiger charge is 2.51. The summed E-state index contributed by atoms with van der Waals surface area (Å²) in [6.45, 7) is 9.53. The van der Waals surface area contributed by atoms with Crippen molar-refractivity contribution < 1.29 is 23.8 Å². The number of hydrogen-bond donors (Lipinski definition) is 0. The van der Waals surface area contributed by atoms with Crippen LogP contribution in [0.15, 0.2) is 36.4 Å². The number of fused-ring (bicyclic) bond motifs is 3. The molecule has 1 saturated carbocycles. The summed E-state index contributed by atoms with van der Waals surface area (Å²) in [4.78, 5) is 28.0. The Morgan fingerprint density at radius 1 is 1.16 bits per heavy atom. The van der Waals surface area contributed by atoms with Gasteiger partial charge in [-0.3, -0.25) is 4.79 Å². The average molecular weight is 540 g/mol. The first-order chi connectivity index (χ1) is 17.9. The third kappa shape index (κ3) is 4.88. The van der Waals surface area contributed by atoms with E-state index in [-0.39, 0.29) is 23.3 Å². The van der Waals surface area contributed by atoms with Crippen molar-refractivity contribution in [2.75, 3.05) is 31.7 Å². The number of ether oxygens (including phenoxy) is 3. The third-order valence-electron chi connectivity index (χ3n) is 8.68. The highest BCUT2D eigenvalue weighted by molar-refractivity contribution is 6.30. The van der Waals surface area contributed by atoms with E-state index >= 15 is 0 Å². The van der Waals surface area contributed by atoms with Crippen molar-refractivity contribution >= 4 is 29.2 Å². The van der Waals surface area contributed by atoms with Gasteiger partial charge in [-0.05, 0) is 107 Å². The Morgan fingerprint density at radius 3 is 2.63 bits per heavy atom. The summed E-state index contributed by atoms with van der Waals surface area (Å²) in [6, 6.07) is 11.8. The smallest absolute Gasteiger partial charge is 0.338 e. The van der Waals surface area contributed by atoms with E-state index in [1.54, 1.807) is 6.07 Å². The molecule has 7 heteroatoms. The van der Waals surface area contributed by atoms with E-state index in [1.165, 1.54) is 18.2 Å². The number of anilines is 1. The standard InChI is InChI=1S/C31H38ClNO5/c1-29(2,3)38-27(34)21-8-11-26-25(16-21)33(17-22-12-14-30(22,4)28(35)36-5)18-31(19-37-26)13-6-7-20-15-23(32)9-10-24(20)31/h8-11,15-16,22H,6-7,12-14,17-19H2,1-5H3/t22-,30-,31-/m0/s1. The van der Waals surface area contributed by atoms with Gasteiger partial charge in [0.2, 0.25) is 0 Å². The van der Waals surface area contributed by atoms with E-state index in [0.717, 1.165) is 55.1 Å². The van der Waals surface area contributed by atoms with E-state index < -0.39 is 11.0 Å². The predicted molar refractivity (Wildman–Crippen MR) is 148 cm³/mol. The zero-order chi connectivity index (χ0) is 27.3. The third-order valence-corrected chi connectivity index (χ3v) is 8.91. The van der Waals surface area contributed by atoms with Crippen molar-refractivity contribution in [1.82, 2.24) is 0 Å². The molecule has 38 heavy (non-hydrogen) atoms. The van der Waals surface area contributed by atoms with Crippen molar-refractivity contribution in [2.24, 2.45) is 11.3 Å². The Balaban J connectivity index is 1.55. The second-order valence-corrected chi connectivity index (χ2v) is 12.9. The average Bonchev–Trinajstić information content (AvgIpc) is 3.01. The van der Waals surface area contributed by atoms with Gasteiger partial charge in [0.15, 0.2) is 0 Å². The minimum absolute atomic E-state index is 0.136. The van der Waals surface area contributed by atoms with Gasteiger partial charge < -0.3 is 19.1 Å². The van der Waals surface area contributed by atoms with Crippen molar-refractivity contribution in [3.8, 4) is 5.75 Å². The lowest BCUT2D eigenvalue weighted by Crippen LogP contribution is -2.53. The van der Waals surface area contributed by atoms with Crippen molar-refractivity contribution in [1.29, 1.82) is 0 Å². The summed E-state index contributed by atoms with van der Waals surface area (Å²) in [7, 11) is 1.46. The van der Waals surface area contributed by atoms with Crippen molar-refractivity contribution in [2.45, 2.75) is 70.8 Å². The summed E-state index contributed by atoms with van der Waals surface area (Å²) in [5, 5.41) is 0.751. The largest absolute Gasteiger partial charge is 0.490 e. The lowest BCUT2D eigenvalue weighted by molar-refractivity contribution is -0.162. The molecule has 0 unspecified atom stereocenters. The number of benzene rings is 2. The van der Waals surface area contributed by atoms with Crippen LogP contribution in [0.25, 0.3) is 0 Å². The molecule has 0 bridgehead atoms. The molecule has 1 fully saturated rings. The number of esters is 2. The molecular formula is C31H38ClNO5. The highest BCUT2D eigenvalue weighted by Crippen LogP contribution is 2.50. The summed E-state index contributed by atoms with van der Waals surface area (Å²) in [6.07, 6.45) is 4.79. The minimum atomic E-state index is -0.592. The molecule has 0 amide bonds. The second kappa shape index (κ2) is 9.78. The normalized spacial score (nSPS) is 26.4. The molecule has 0 N–H and O–H groups in total. The number of methoxy groups -OCH3 is 1. The lowest BCUT2D eigenvalue weighted by Gasteiger charge is -2.48. The van der Waals surface area contributed by atoms with Crippen LogP contribution in [0.1, 0.15) is 74.9 Å². The maximum atomic E-state index is 13.0. The van der Waals surface area contributed by atoms with Crippen LogP contribution in [0.2, 0.25) is 5.02 Å². The first-order valence-electron chi connectivity index (χ1n) is 13.6. The fourth-order valence-corrected chi connectivity index (χ4v) is 6.61. The molecule has 3 atom stereocenters. The Labute approximate surface area is 230 Å². The molecule has 5 rings (SSSR count). The van der Waals surface area contributed by atoms with E-state index in [9.17, 15) is 9.59 Å². The van der Waals surface area contributed by atoms with Crippen LogP contribution in [0.4, 0.5) is 5.69 Å². The number of aryl methyl sites for hydroxylation is 1. The van der Waals surface area contributed by atoms with E-state index in [1.807, 2.05) is 45.9 Å². The molecule has 6 nitrogen and oxygen atoms in total. The summed E-state index contributed by atoms with van der Waals surface area (Å²) >= 11 is 6.37. The van der Waals surface area contributed by atoms with Crippen LogP contribution in [-0.4, -0.2) is 44.3 Å². The van der Waals surface area contributed by atoms with Gasteiger partial charge >= 0.3 is 11.9 Å². The molecule has 2 aromatic carbocycles. The fourth-order valence-electron chi connectivity index (χ4n) is 6.42. The van der Waals surface area contributed by atoms with Crippen LogP contribution in [0.5, 0.6) is 5.75 Å². The quantitative estimate of drug-likeness (QED) is 0.421. The van der Waals surface area contributed by atoms with Gasteiger partial charge in [0.1, 0.15) is 11.4 Å². The van der Waals surface area contributed by atoms with Gasteiger partial charge in [0, 0.05) is 23.5 Å². The Kier molecular flexibility index (Phi) is 6.91. The first kappa shape index (κ1) is 26.9. The van der Waals surface area contributed by atoms with Gasteiger partial charge in [0.05, 0.1) is 30.4 Å². The fraction of sp³-hybridized carbons (Fsp3) is 0.548. The molecule has 2 aliphatic carbocycles. The maximum Gasteiger partial charge on any atom is 0.338 e. The number of nitrogens with zero attached hydrogens (tertiary/aromatic N) is 1. The molecule has 1 aliphatic heterocycles. The topological polar surface area (TPSA) is 65.1 Å². The predicted octanol–water partition coefficient (Wildman–Crippen LogP) is 6.36. The van der Waals surface area contributed by atoms with Gasteiger partial charge in [-0.1, -0.05) is 17.7 Å². The number of carbonyl (C=O) groups is 2. The molecule has 1 spiro atoms. The molecule has 3 aliphatic rings. The van der Waals surface area contributed by atoms with Crippen LogP contribution in [-0.2, 0) is 26.1 Å². The highest BCUT2D eigenvalue weighted by atomic mass is 35.5. The molecule has 1 heterocycles. The number of halogens is 1.